The number of aryl methyl sites for hydroxylation is 1. The van der Waals surface area contributed by atoms with Crippen LogP contribution in [0.4, 0.5) is 0 Å². The minimum Gasteiger partial charge on any atom is -0.385 e. The molecule has 0 radical (unpaired) electrons. The molecule has 0 spiro atoms. The monoisotopic (exact) mass is 232 g/mol. The zero-order valence-electron chi connectivity index (χ0n) is 11.5. The molecule has 0 heterocycles. The Morgan fingerprint density at radius 1 is 1.12 bits per heavy atom. The molecule has 94 valence electrons. The lowest BCUT2D eigenvalue weighted by Gasteiger charge is -2.45. The van der Waals surface area contributed by atoms with Gasteiger partial charge >= 0.3 is 0 Å². The van der Waals surface area contributed by atoms with Gasteiger partial charge in [0.1, 0.15) is 0 Å². The van der Waals surface area contributed by atoms with Crippen molar-refractivity contribution < 1.29 is 5.11 Å². The third-order valence-corrected chi connectivity index (χ3v) is 3.95. The molecule has 0 bridgehead atoms. The van der Waals surface area contributed by atoms with E-state index in [1.807, 2.05) is 0 Å². The SMILES string of the molecule is Cc1ccc(C2(O)CC(C)CC(C)(C)C2)cc1. The van der Waals surface area contributed by atoms with Gasteiger partial charge in [-0.1, -0.05) is 50.6 Å². The molecule has 2 rings (SSSR count). The second-order valence-electron chi connectivity index (χ2n) is 6.75. The molecule has 17 heavy (non-hydrogen) atoms. The predicted octanol–water partition coefficient (Wildman–Crippen LogP) is 4.03. The summed E-state index contributed by atoms with van der Waals surface area (Å²) in [5, 5.41) is 10.9. The number of aliphatic hydroxyl groups is 1. The van der Waals surface area contributed by atoms with Crippen LogP contribution in [0, 0.1) is 18.3 Å². The highest BCUT2D eigenvalue weighted by Crippen LogP contribution is 2.48. The Morgan fingerprint density at radius 2 is 1.71 bits per heavy atom. The van der Waals surface area contributed by atoms with Gasteiger partial charge in [0, 0.05) is 0 Å². The Labute approximate surface area is 105 Å². The van der Waals surface area contributed by atoms with Crippen LogP contribution < -0.4 is 0 Å². The van der Waals surface area contributed by atoms with Crippen LogP contribution in [-0.2, 0) is 5.60 Å². The van der Waals surface area contributed by atoms with Crippen molar-refractivity contribution in [3.05, 3.63) is 35.4 Å². The second kappa shape index (κ2) is 4.13. The van der Waals surface area contributed by atoms with Crippen molar-refractivity contribution in [2.75, 3.05) is 0 Å². The lowest BCUT2D eigenvalue weighted by atomic mass is 9.64. The van der Waals surface area contributed by atoms with Crippen molar-refractivity contribution in [3.63, 3.8) is 0 Å². The first-order chi connectivity index (χ1) is 7.81. The maximum Gasteiger partial charge on any atom is 0.0904 e. The van der Waals surface area contributed by atoms with Gasteiger partial charge in [-0.15, -0.1) is 0 Å². The fourth-order valence-corrected chi connectivity index (χ4v) is 3.61. The quantitative estimate of drug-likeness (QED) is 0.775. The molecular formula is C16H24O. The van der Waals surface area contributed by atoms with Gasteiger partial charge in [0.25, 0.3) is 0 Å². The summed E-state index contributed by atoms with van der Waals surface area (Å²) in [5.41, 5.74) is 1.94. The number of hydrogen-bond acceptors (Lipinski definition) is 1. The number of hydrogen-bond donors (Lipinski definition) is 1. The molecule has 2 atom stereocenters. The van der Waals surface area contributed by atoms with Crippen molar-refractivity contribution in [1.29, 1.82) is 0 Å². The van der Waals surface area contributed by atoms with Gasteiger partial charge in [0.15, 0.2) is 0 Å². The van der Waals surface area contributed by atoms with Gasteiger partial charge in [0.2, 0.25) is 0 Å². The van der Waals surface area contributed by atoms with Crippen LogP contribution in [0.1, 0.15) is 51.2 Å². The summed E-state index contributed by atoms with van der Waals surface area (Å²) in [6.45, 7) is 8.87. The van der Waals surface area contributed by atoms with E-state index in [4.69, 9.17) is 0 Å². The van der Waals surface area contributed by atoms with Crippen LogP contribution in [0.15, 0.2) is 24.3 Å². The highest BCUT2D eigenvalue weighted by Gasteiger charge is 2.42. The minimum absolute atomic E-state index is 0.233. The molecule has 0 aromatic heterocycles. The van der Waals surface area contributed by atoms with E-state index in [0.29, 0.717) is 5.92 Å². The van der Waals surface area contributed by atoms with E-state index in [9.17, 15) is 5.11 Å². The average Bonchev–Trinajstić information content (AvgIpc) is 2.14. The van der Waals surface area contributed by atoms with Crippen molar-refractivity contribution in [2.45, 2.75) is 52.6 Å². The molecule has 1 N–H and O–H groups in total. The number of benzene rings is 1. The summed E-state index contributed by atoms with van der Waals surface area (Å²) >= 11 is 0. The highest BCUT2D eigenvalue weighted by molar-refractivity contribution is 5.27. The third-order valence-electron chi connectivity index (χ3n) is 3.95. The summed E-state index contributed by atoms with van der Waals surface area (Å²) in [4.78, 5) is 0. The van der Waals surface area contributed by atoms with Crippen LogP contribution in [0.5, 0.6) is 0 Å². The summed E-state index contributed by atoms with van der Waals surface area (Å²) in [5.74, 6) is 0.588. The molecular weight excluding hydrogens is 208 g/mol. The molecule has 0 amide bonds. The van der Waals surface area contributed by atoms with E-state index < -0.39 is 5.60 Å². The topological polar surface area (TPSA) is 20.2 Å². The van der Waals surface area contributed by atoms with Gasteiger partial charge in [-0.3, -0.25) is 0 Å². The Balaban J connectivity index is 2.31. The lowest BCUT2D eigenvalue weighted by molar-refractivity contribution is -0.0635. The van der Waals surface area contributed by atoms with Gasteiger partial charge in [-0.25, -0.2) is 0 Å². The molecule has 1 aliphatic rings. The fourth-order valence-electron chi connectivity index (χ4n) is 3.61. The first kappa shape index (κ1) is 12.6. The molecule has 2 unspecified atom stereocenters. The van der Waals surface area contributed by atoms with Gasteiger partial charge in [-0.05, 0) is 43.1 Å². The van der Waals surface area contributed by atoms with Crippen LogP contribution >= 0.6 is 0 Å². The Bertz CT molecular complexity index is 390. The van der Waals surface area contributed by atoms with Gasteiger partial charge in [0.05, 0.1) is 5.60 Å². The van der Waals surface area contributed by atoms with Crippen LogP contribution in [0.25, 0.3) is 0 Å². The summed E-state index contributed by atoms with van der Waals surface area (Å²) in [6, 6.07) is 8.37. The summed E-state index contributed by atoms with van der Waals surface area (Å²) in [7, 11) is 0. The van der Waals surface area contributed by atoms with Gasteiger partial charge < -0.3 is 5.11 Å². The summed E-state index contributed by atoms with van der Waals surface area (Å²) < 4.78 is 0. The summed E-state index contributed by atoms with van der Waals surface area (Å²) in [6.07, 6.45) is 2.97. The normalized spacial score (nSPS) is 32.4. The highest BCUT2D eigenvalue weighted by atomic mass is 16.3. The smallest absolute Gasteiger partial charge is 0.0904 e. The first-order valence-electron chi connectivity index (χ1n) is 6.60. The molecule has 1 aromatic carbocycles. The van der Waals surface area contributed by atoms with E-state index in [1.54, 1.807) is 0 Å². The lowest BCUT2D eigenvalue weighted by Crippen LogP contribution is -2.39. The first-order valence-corrected chi connectivity index (χ1v) is 6.60. The van der Waals surface area contributed by atoms with Crippen LogP contribution in [-0.4, -0.2) is 5.11 Å². The Morgan fingerprint density at radius 3 is 2.24 bits per heavy atom. The van der Waals surface area contributed by atoms with Crippen LogP contribution in [0.2, 0.25) is 0 Å². The van der Waals surface area contributed by atoms with Crippen LogP contribution in [0.3, 0.4) is 0 Å². The molecule has 1 aliphatic carbocycles. The molecule has 1 heteroatoms. The molecule has 1 saturated carbocycles. The van der Waals surface area contributed by atoms with E-state index >= 15 is 0 Å². The van der Waals surface area contributed by atoms with E-state index in [2.05, 4.69) is 52.0 Å². The standard InChI is InChI=1S/C16H24O/c1-12-5-7-14(8-6-12)16(17)10-13(2)9-15(3,4)11-16/h5-8,13,17H,9-11H2,1-4H3. The largest absolute Gasteiger partial charge is 0.385 e. The molecule has 1 fully saturated rings. The van der Waals surface area contributed by atoms with E-state index in [0.717, 1.165) is 18.4 Å². The zero-order valence-corrected chi connectivity index (χ0v) is 11.5. The molecule has 1 nitrogen and oxygen atoms in total. The van der Waals surface area contributed by atoms with Crippen molar-refractivity contribution in [2.24, 2.45) is 11.3 Å². The third kappa shape index (κ3) is 2.71. The van der Waals surface area contributed by atoms with Crippen molar-refractivity contribution in [1.82, 2.24) is 0 Å². The minimum atomic E-state index is -0.630. The molecule has 1 aromatic rings. The average molecular weight is 232 g/mol. The maximum absolute atomic E-state index is 10.9. The van der Waals surface area contributed by atoms with E-state index in [-0.39, 0.29) is 5.41 Å². The number of rotatable bonds is 1. The van der Waals surface area contributed by atoms with Crippen molar-refractivity contribution in [3.8, 4) is 0 Å². The van der Waals surface area contributed by atoms with Gasteiger partial charge in [-0.2, -0.15) is 0 Å². The van der Waals surface area contributed by atoms with E-state index in [1.165, 1.54) is 12.0 Å². The fraction of sp³-hybridized carbons (Fsp3) is 0.625. The Kier molecular flexibility index (Phi) is 3.07. The maximum atomic E-state index is 10.9. The zero-order chi connectivity index (χ0) is 12.7. The second-order valence-corrected chi connectivity index (χ2v) is 6.75. The van der Waals surface area contributed by atoms with Crippen molar-refractivity contribution >= 4 is 0 Å². The predicted molar refractivity (Wildman–Crippen MR) is 71.9 cm³/mol. The Hall–Kier alpha value is -0.820. The molecule has 0 aliphatic heterocycles. The molecule has 0 saturated heterocycles.